The fourth-order valence-corrected chi connectivity index (χ4v) is 3.95. The number of fused-ring (bicyclic) bond motifs is 2. The molecule has 2 saturated carbocycles. The largest absolute Gasteiger partial charge is 0.454 e. The SMILES string of the molecule is C=C1CCC[C@]2(C)CC3OC(=O)C(C)=C3C[C@@H]12. The minimum Gasteiger partial charge on any atom is -0.454 e. The number of esters is 1. The van der Waals surface area contributed by atoms with Crippen LogP contribution in [0.1, 0.15) is 46.0 Å². The van der Waals surface area contributed by atoms with Crippen molar-refractivity contribution in [1.29, 1.82) is 0 Å². The van der Waals surface area contributed by atoms with Crippen LogP contribution >= 0.6 is 0 Å². The van der Waals surface area contributed by atoms with E-state index in [1.54, 1.807) is 0 Å². The molecule has 0 spiro atoms. The van der Waals surface area contributed by atoms with E-state index < -0.39 is 0 Å². The average Bonchev–Trinajstić information content (AvgIpc) is 2.52. The van der Waals surface area contributed by atoms with Crippen molar-refractivity contribution in [3.05, 3.63) is 23.3 Å². The van der Waals surface area contributed by atoms with E-state index in [1.165, 1.54) is 24.0 Å². The van der Waals surface area contributed by atoms with Crippen molar-refractivity contribution in [2.45, 2.75) is 52.1 Å². The van der Waals surface area contributed by atoms with Gasteiger partial charge in [0.25, 0.3) is 0 Å². The summed E-state index contributed by atoms with van der Waals surface area (Å²) in [6, 6.07) is 0. The van der Waals surface area contributed by atoms with Gasteiger partial charge in [-0.15, -0.1) is 0 Å². The zero-order chi connectivity index (χ0) is 12.2. The van der Waals surface area contributed by atoms with Crippen molar-refractivity contribution in [1.82, 2.24) is 0 Å². The van der Waals surface area contributed by atoms with Gasteiger partial charge in [-0.05, 0) is 55.9 Å². The predicted octanol–water partition coefficient (Wildman–Crippen LogP) is 3.38. The van der Waals surface area contributed by atoms with Crippen LogP contribution in [0.4, 0.5) is 0 Å². The van der Waals surface area contributed by atoms with E-state index in [2.05, 4.69) is 13.5 Å². The molecule has 2 aliphatic carbocycles. The minimum absolute atomic E-state index is 0.0645. The lowest BCUT2D eigenvalue weighted by Gasteiger charge is -2.48. The molecule has 0 saturated heterocycles. The van der Waals surface area contributed by atoms with Gasteiger partial charge in [0.05, 0.1) is 0 Å². The molecule has 0 aromatic carbocycles. The molecule has 0 bridgehead atoms. The van der Waals surface area contributed by atoms with Gasteiger partial charge in [0.2, 0.25) is 0 Å². The van der Waals surface area contributed by atoms with E-state index in [1.807, 2.05) is 6.92 Å². The summed E-state index contributed by atoms with van der Waals surface area (Å²) in [5.41, 5.74) is 3.79. The number of rotatable bonds is 0. The second kappa shape index (κ2) is 3.47. The van der Waals surface area contributed by atoms with Gasteiger partial charge in [-0.2, -0.15) is 0 Å². The van der Waals surface area contributed by atoms with Crippen LogP contribution in [0.3, 0.4) is 0 Å². The Hall–Kier alpha value is -1.05. The Labute approximate surface area is 103 Å². The number of carbonyl (C=O) groups excluding carboxylic acids is 1. The maximum absolute atomic E-state index is 11.6. The van der Waals surface area contributed by atoms with E-state index in [4.69, 9.17) is 4.74 Å². The molecule has 17 heavy (non-hydrogen) atoms. The Kier molecular flexibility index (Phi) is 2.26. The number of carbonyl (C=O) groups is 1. The maximum Gasteiger partial charge on any atom is 0.334 e. The van der Waals surface area contributed by atoms with Gasteiger partial charge in [0.15, 0.2) is 0 Å². The molecule has 3 aliphatic rings. The zero-order valence-corrected chi connectivity index (χ0v) is 10.7. The van der Waals surface area contributed by atoms with Gasteiger partial charge >= 0.3 is 5.97 Å². The summed E-state index contributed by atoms with van der Waals surface area (Å²) >= 11 is 0. The molecule has 1 aliphatic heterocycles. The Morgan fingerprint density at radius 2 is 2.24 bits per heavy atom. The zero-order valence-electron chi connectivity index (χ0n) is 10.7. The van der Waals surface area contributed by atoms with E-state index in [0.717, 1.165) is 24.8 Å². The molecule has 2 nitrogen and oxygen atoms in total. The molecule has 92 valence electrons. The lowest BCUT2D eigenvalue weighted by molar-refractivity contribution is -0.141. The first-order valence-electron chi connectivity index (χ1n) is 6.59. The number of hydrogen-bond donors (Lipinski definition) is 0. The van der Waals surface area contributed by atoms with Gasteiger partial charge < -0.3 is 4.74 Å². The molecule has 1 unspecified atom stereocenters. The fourth-order valence-electron chi connectivity index (χ4n) is 3.95. The lowest BCUT2D eigenvalue weighted by Crippen LogP contribution is -2.41. The van der Waals surface area contributed by atoms with E-state index in [0.29, 0.717) is 11.3 Å². The summed E-state index contributed by atoms with van der Waals surface area (Å²) in [6.07, 6.45) is 5.70. The van der Waals surface area contributed by atoms with Crippen molar-refractivity contribution < 1.29 is 9.53 Å². The highest BCUT2D eigenvalue weighted by atomic mass is 16.5. The van der Waals surface area contributed by atoms with Crippen molar-refractivity contribution in [3.8, 4) is 0 Å². The number of ether oxygens (including phenoxy) is 1. The third kappa shape index (κ3) is 1.50. The van der Waals surface area contributed by atoms with E-state index in [-0.39, 0.29) is 12.1 Å². The van der Waals surface area contributed by atoms with Crippen molar-refractivity contribution in [2.24, 2.45) is 11.3 Å². The molecule has 3 rings (SSSR count). The number of hydrogen-bond acceptors (Lipinski definition) is 2. The summed E-state index contributed by atoms with van der Waals surface area (Å²) in [5.74, 6) is 0.463. The molecule has 0 N–H and O–H groups in total. The highest BCUT2D eigenvalue weighted by Gasteiger charge is 2.49. The first-order valence-corrected chi connectivity index (χ1v) is 6.59. The normalized spacial score (nSPS) is 41.1. The van der Waals surface area contributed by atoms with E-state index >= 15 is 0 Å². The average molecular weight is 232 g/mol. The molecule has 3 atom stereocenters. The summed E-state index contributed by atoms with van der Waals surface area (Å²) in [5, 5.41) is 0. The smallest absolute Gasteiger partial charge is 0.334 e. The maximum atomic E-state index is 11.6. The topological polar surface area (TPSA) is 26.3 Å². The van der Waals surface area contributed by atoms with Crippen molar-refractivity contribution >= 4 is 5.97 Å². The summed E-state index contributed by atoms with van der Waals surface area (Å²) in [4.78, 5) is 11.6. The lowest BCUT2D eigenvalue weighted by atomic mass is 9.57. The standard InChI is InChI=1S/C15H20O2/c1-9-5-4-6-15(3)8-13-11(7-12(9)15)10(2)14(16)17-13/h12-13H,1,4-8H2,2-3H3/t12-,13?,15+/m0/s1. The second-order valence-electron chi connectivity index (χ2n) is 6.17. The molecule has 0 aromatic heterocycles. The highest BCUT2D eigenvalue weighted by Crippen LogP contribution is 2.55. The van der Waals surface area contributed by atoms with E-state index in [9.17, 15) is 4.79 Å². The third-order valence-electron chi connectivity index (χ3n) is 5.08. The monoisotopic (exact) mass is 232 g/mol. The molecule has 2 heteroatoms. The van der Waals surface area contributed by atoms with Crippen LogP contribution in [0, 0.1) is 11.3 Å². The minimum atomic E-state index is -0.0992. The van der Waals surface area contributed by atoms with Crippen LogP contribution in [0.5, 0.6) is 0 Å². The molecule has 2 fully saturated rings. The van der Waals surface area contributed by atoms with Gasteiger partial charge in [-0.25, -0.2) is 4.79 Å². The van der Waals surface area contributed by atoms with Crippen molar-refractivity contribution in [2.75, 3.05) is 0 Å². The third-order valence-corrected chi connectivity index (χ3v) is 5.08. The predicted molar refractivity (Wildman–Crippen MR) is 66.4 cm³/mol. The molecule has 0 amide bonds. The number of allylic oxidation sites excluding steroid dienone is 1. The summed E-state index contributed by atoms with van der Waals surface area (Å²) in [7, 11) is 0. The van der Waals surface area contributed by atoms with Gasteiger partial charge in [-0.1, -0.05) is 19.1 Å². The van der Waals surface area contributed by atoms with Crippen LogP contribution in [-0.2, 0) is 9.53 Å². The summed E-state index contributed by atoms with van der Waals surface area (Å²) in [6.45, 7) is 8.51. The van der Waals surface area contributed by atoms with Crippen LogP contribution in [0.25, 0.3) is 0 Å². The molecular formula is C15H20O2. The first kappa shape index (κ1) is 11.1. The van der Waals surface area contributed by atoms with Crippen LogP contribution in [0.15, 0.2) is 23.3 Å². The molecule has 1 heterocycles. The molecule has 0 radical (unpaired) electrons. The second-order valence-corrected chi connectivity index (χ2v) is 6.17. The Morgan fingerprint density at radius 3 is 3.00 bits per heavy atom. The highest BCUT2D eigenvalue weighted by molar-refractivity contribution is 5.91. The Balaban J connectivity index is 1.97. The Morgan fingerprint density at radius 1 is 1.47 bits per heavy atom. The summed E-state index contributed by atoms with van der Waals surface area (Å²) < 4.78 is 5.48. The van der Waals surface area contributed by atoms with Gasteiger partial charge in [-0.3, -0.25) is 0 Å². The van der Waals surface area contributed by atoms with Crippen molar-refractivity contribution in [3.63, 3.8) is 0 Å². The van der Waals surface area contributed by atoms with Crippen LogP contribution in [-0.4, -0.2) is 12.1 Å². The van der Waals surface area contributed by atoms with Gasteiger partial charge in [0.1, 0.15) is 6.10 Å². The molecular weight excluding hydrogens is 212 g/mol. The first-order chi connectivity index (χ1) is 8.01. The fraction of sp³-hybridized carbons (Fsp3) is 0.667. The van der Waals surface area contributed by atoms with Gasteiger partial charge in [0, 0.05) is 5.57 Å². The molecule has 0 aromatic rings. The van der Waals surface area contributed by atoms with Crippen LogP contribution in [0.2, 0.25) is 0 Å². The van der Waals surface area contributed by atoms with Crippen LogP contribution < -0.4 is 0 Å². The Bertz CT molecular complexity index is 432. The quantitative estimate of drug-likeness (QED) is 0.472.